The summed E-state index contributed by atoms with van der Waals surface area (Å²) < 4.78 is 0. The molecule has 0 spiro atoms. The minimum Gasteiger partial charge on any atom is -0.341 e. The summed E-state index contributed by atoms with van der Waals surface area (Å²) in [7, 11) is 0. The van der Waals surface area contributed by atoms with E-state index in [1.165, 1.54) is 5.56 Å². The van der Waals surface area contributed by atoms with Gasteiger partial charge in [-0.3, -0.25) is 14.7 Å². The Morgan fingerprint density at radius 2 is 1.96 bits per heavy atom. The topological polar surface area (TPSA) is 36.4 Å². The maximum absolute atomic E-state index is 11.9. The zero-order valence-corrected chi connectivity index (χ0v) is 15.3. The lowest BCUT2D eigenvalue weighted by Crippen LogP contribution is -2.34. The molecule has 0 saturated carbocycles. The van der Waals surface area contributed by atoms with E-state index in [9.17, 15) is 4.79 Å². The van der Waals surface area contributed by atoms with Crippen molar-refractivity contribution < 1.29 is 4.79 Å². The van der Waals surface area contributed by atoms with E-state index in [1.54, 1.807) is 6.92 Å². The van der Waals surface area contributed by atoms with Crippen molar-refractivity contribution >= 4 is 17.5 Å². The van der Waals surface area contributed by atoms with Gasteiger partial charge in [0, 0.05) is 56.6 Å². The van der Waals surface area contributed by atoms with Gasteiger partial charge in [0.05, 0.1) is 0 Å². The third-order valence-electron chi connectivity index (χ3n) is 4.67. The lowest BCUT2D eigenvalue weighted by molar-refractivity contribution is -0.129. The van der Waals surface area contributed by atoms with Gasteiger partial charge in [0.15, 0.2) is 0 Å². The quantitative estimate of drug-likeness (QED) is 0.842. The molecule has 1 saturated heterocycles. The lowest BCUT2D eigenvalue weighted by atomic mass is 10.0. The number of nitrogens with zero attached hydrogens (tertiary/aromatic N) is 3. The summed E-state index contributed by atoms with van der Waals surface area (Å²) in [5.74, 6) is 0.535. The number of rotatable bonds is 4. The van der Waals surface area contributed by atoms with Crippen molar-refractivity contribution in [2.75, 3.05) is 26.2 Å². The van der Waals surface area contributed by atoms with Crippen molar-refractivity contribution in [1.82, 2.24) is 14.8 Å². The molecule has 1 aliphatic heterocycles. The monoisotopic (exact) mass is 357 g/mol. The minimum absolute atomic E-state index is 0.152. The summed E-state index contributed by atoms with van der Waals surface area (Å²) in [6.45, 7) is 5.96. The van der Waals surface area contributed by atoms with E-state index in [-0.39, 0.29) is 5.91 Å². The molecule has 3 rings (SSSR count). The van der Waals surface area contributed by atoms with E-state index in [1.807, 2.05) is 35.4 Å². The molecule has 1 amide bonds. The molecular formula is C20H24ClN3O. The largest absolute Gasteiger partial charge is 0.341 e. The Bertz CT molecular complexity index is 690. The van der Waals surface area contributed by atoms with Crippen LogP contribution in [0.25, 0.3) is 0 Å². The number of carbonyl (C=O) groups is 1. The second kappa shape index (κ2) is 8.45. The second-order valence-electron chi connectivity index (χ2n) is 6.72. The van der Waals surface area contributed by atoms with Crippen LogP contribution in [0.4, 0.5) is 0 Å². The molecule has 132 valence electrons. The molecular weight excluding hydrogens is 334 g/mol. The number of pyridine rings is 1. The van der Waals surface area contributed by atoms with Crippen LogP contribution in [0.15, 0.2) is 48.7 Å². The van der Waals surface area contributed by atoms with E-state index in [0.29, 0.717) is 5.92 Å². The smallest absolute Gasteiger partial charge is 0.219 e. The summed E-state index contributed by atoms with van der Waals surface area (Å²) in [5.41, 5.74) is 2.33. The van der Waals surface area contributed by atoms with E-state index >= 15 is 0 Å². The van der Waals surface area contributed by atoms with Gasteiger partial charge in [-0.25, -0.2) is 0 Å². The molecule has 0 aliphatic carbocycles. The highest BCUT2D eigenvalue weighted by molar-refractivity contribution is 6.30. The van der Waals surface area contributed by atoms with E-state index < -0.39 is 0 Å². The van der Waals surface area contributed by atoms with Gasteiger partial charge >= 0.3 is 0 Å². The van der Waals surface area contributed by atoms with Gasteiger partial charge in [0.1, 0.15) is 0 Å². The molecule has 1 atom stereocenters. The Hall–Kier alpha value is -1.91. The molecule has 1 aromatic heterocycles. The lowest BCUT2D eigenvalue weighted by Gasteiger charge is -2.24. The molecule has 0 N–H and O–H groups in total. The minimum atomic E-state index is 0.152. The van der Waals surface area contributed by atoms with Gasteiger partial charge in [-0.05, 0) is 42.2 Å². The molecule has 1 fully saturated rings. The van der Waals surface area contributed by atoms with Gasteiger partial charge in [-0.2, -0.15) is 0 Å². The van der Waals surface area contributed by atoms with E-state index in [2.05, 4.69) is 28.1 Å². The van der Waals surface area contributed by atoms with Gasteiger partial charge in [0.25, 0.3) is 0 Å². The molecule has 2 heterocycles. The summed E-state index contributed by atoms with van der Waals surface area (Å²) >= 11 is 5.98. The number of hydrogen-bond acceptors (Lipinski definition) is 3. The number of amides is 1. The number of benzene rings is 1. The normalized spacial score (nSPS) is 18.8. The molecule has 1 unspecified atom stereocenters. The van der Waals surface area contributed by atoms with E-state index in [4.69, 9.17) is 11.6 Å². The van der Waals surface area contributed by atoms with Crippen molar-refractivity contribution in [2.45, 2.75) is 19.9 Å². The summed E-state index contributed by atoms with van der Waals surface area (Å²) in [4.78, 5) is 20.8. The van der Waals surface area contributed by atoms with Crippen LogP contribution in [0.5, 0.6) is 0 Å². The van der Waals surface area contributed by atoms with Crippen molar-refractivity contribution in [3.05, 3.63) is 64.9 Å². The van der Waals surface area contributed by atoms with Gasteiger partial charge in [-0.15, -0.1) is 0 Å². The van der Waals surface area contributed by atoms with Crippen LogP contribution in [0, 0.1) is 5.92 Å². The average Bonchev–Trinajstić information content (AvgIpc) is 2.80. The van der Waals surface area contributed by atoms with Gasteiger partial charge in [0.2, 0.25) is 5.91 Å². The number of carbonyl (C=O) groups excluding carboxylic acids is 1. The zero-order chi connectivity index (χ0) is 17.6. The molecule has 1 aliphatic rings. The first-order valence-electron chi connectivity index (χ1n) is 8.72. The Morgan fingerprint density at radius 1 is 1.16 bits per heavy atom. The average molecular weight is 358 g/mol. The number of hydrogen-bond donors (Lipinski definition) is 0. The third-order valence-corrected chi connectivity index (χ3v) is 4.92. The second-order valence-corrected chi connectivity index (χ2v) is 7.15. The van der Waals surface area contributed by atoms with Gasteiger partial charge in [-0.1, -0.05) is 29.8 Å². The van der Waals surface area contributed by atoms with Crippen LogP contribution >= 0.6 is 11.6 Å². The highest BCUT2D eigenvalue weighted by atomic mass is 35.5. The maximum Gasteiger partial charge on any atom is 0.219 e. The summed E-state index contributed by atoms with van der Waals surface area (Å²) in [6.07, 6.45) is 2.72. The molecule has 0 bridgehead atoms. The van der Waals surface area contributed by atoms with Crippen LogP contribution in [0.2, 0.25) is 5.02 Å². The predicted molar refractivity (Wildman–Crippen MR) is 100 cm³/mol. The molecule has 1 aromatic carbocycles. The van der Waals surface area contributed by atoms with Crippen LogP contribution in [-0.4, -0.2) is 46.9 Å². The molecule has 0 radical (unpaired) electrons. The molecule has 2 aromatic rings. The van der Waals surface area contributed by atoms with Crippen molar-refractivity contribution in [2.24, 2.45) is 5.92 Å². The highest BCUT2D eigenvalue weighted by Gasteiger charge is 2.24. The first-order chi connectivity index (χ1) is 12.1. The molecule has 25 heavy (non-hydrogen) atoms. The first-order valence-corrected chi connectivity index (χ1v) is 9.10. The summed E-state index contributed by atoms with van der Waals surface area (Å²) in [5, 5.41) is 0.760. The summed E-state index contributed by atoms with van der Waals surface area (Å²) in [6, 6.07) is 14.0. The van der Waals surface area contributed by atoms with Gasteiger partial charge < -0.3 is 4.90 Å². The van der Waals surface area contributed by atoms with Crippen LogP contribution in [-0.2, 0) is 17.8 Å². The fourth-order valence-corrected chi connectivity index (χ4v) is 3.53. The molecule has 5 heteroatoms. The Morgan fingerprint density at radius 3 is 2.64 bits per heavy atom. The Kier molecular flexibility index (Phi) is 6.05. The standard InChI is InChI=1S/C20H24ClN3O/c1-16(25)24-11-10-23(13-17-5-7-19(21)8-6-17)14-18(15-24)12-20-4-2-3-9-22-20/h2-9,18H,10-15H2,1H3. The highest BCUT2D eigenvalue weighted by Crippen LogP contribution is 2.18. The van der Waals surface area contributed by atoms with Crippen molar-refractivity contribution in [1.29, 1.82) is 0 Å². The number of halogens is 1. The van der Waals surface area contributed by atoms with Crippen LogP contribution in [0.1, 0.15) is 18.2 Å². The van der Waals surface area contributed by atoms with E-state index in [0.717, 1.165) is 49.9 Å². The van der Waals surface area contributed by atoms with Crippen LogP contribution < -0.4 is 0 Å². The molecule has 4 nitrogen and oxygen atoms in total. The van der Waals surface area contributed by atoms with Crippen molar-refractivity contribution in [3.8, 4) is 0 Å². The SMILES string of the molecule is CC(=O)N1CCN(Cc2ccc(Cl)cc2)CC(Cc2ccccn2)C1. The Balaban J connectivity index is 1.71. The zero-order valence-electron chi connectivity index (χ0n) is 14.6. The van der Waals surface area contributed by atoms with Crippen molar-refractivity contribution in [3.63, 3.8) is 0 Å². The number of aromatic nitrogens is 1. The predicted octanol–water partition coefficient (Wildman–Crippen LogP) is 3.26. The maximum atomic E-state index is 11.9. The fourth-order valence-electron chi connectivity index (χ4n) is 3.40. The first kappa shape index (κ1) is 17.9. The van der Waals surface area contributed by atoms with Crippen LogP contribution in [0.3, 0.4) is 0 Å². The third kappa shape index (κ3) is 5.28. The Labute approximate surface area is 154 Å². The fraction of sp³-hybridized carbons (Fsp3) is 0.400.